The minimum absolute atomic E-state index is 0.258. The van der Waals surface area contributed by atoms with Gasteiger partial charge in [-0.1, -0.05) is 26.0 Å². The van der Waals surface area contributed by atoms with Crippen LogP contribution in [-0.2, 0) is 0 Å². The van der Waals surface area contributed by atoms with Crippen LogP contribution in [0.25, 0.3) is 0 Å². The Morgan fingerprint density at radius 2 is 2.00 bits per heavy atom. The largest absolute Gasteiger partial charge is 0.433 e. The number of furan rings is 1. The Morgan fingerprint density at radius 1 is 1.30 bits per heavy atom. The van der Waals surface area contributed by atoms with Crippen LogP contribution in [0, 0.1) is 10.1 Å². The van der Waals surface area contributed by atoms with E-state index in [4.69, 9.17) is 16.6 Å². The summed E-state index contributed by atoms with van der Waals surface area (Å²) in [5, 5.41) is 17.6. The molecule has 0 aliphatic rings. The Hall–Kier alpha value is -2.74. The smallest absolute Gasteiger partial charge is 0.400 e. The Balaban J connectivity index is 1.86. The second-order valence-corrected chi connectivity index (χ2v) is 5.44. The molecule has 0 aliphatic heterocycles. The maximum atomic E-state index is 10.5. The van der Waals surface area contributed by atoms with Crippen molar-refractivity contribution in [2.24, 2.45) is 5.10 Å². The standard InChI is InChI=1S/C15H16N4O3S/c1-10(2)11-3-5-12(6-4-11)17-15(23)18-16-9-13-7-8-14(22-13)19(20)21/h3-10H,1-2H3,(H2,17,18,23). The molecule has 0 unspecified atom stereocenters. The number of hydrogen-bond donors (Lipinski definition) is 2. The SMILES string of the molecule is CC(C)c1ccc(NC(=S)NN=Cc2ccc([N+](=O)[O-])o2)cc1. The monoisotopic (exact) mass is 332 g/mol. The van der Waals surface area contributed by atoms with Gasteiger partial charge < -0.3 is 9.73 Å². The van der Waals surface area contributed by atoms with Gasteiger partial charge in [0.05, 0.1) is 12.3 Å². The van der Waals surface area contributed by atoms with Crippen LogP contribution in [0.4, 0.5) is 11.6 Å². The van der Waals surface area contributed by atoms with Crippen molar-refractivity contribution in [2.45, 2.75) is 19.8 Å². The van der Waals surface area contributed by atoms with Crippen molar-refractivity contribution < 1.29 is 9.34 Å². The summed E-state index contributed by atoms with van der Waals surface area (Å²) < 4.78 is 4.93. The lowest BCUT2D eigenvalue weighted by molar-refractivity contribution is -0.402. The lowest BCUT2D eigenvalue weighted by Crippen LogP contribution is -2.23. The first-order valence-electron chi connectivity index (χ1n) is 6.90. The van der Waals surface area contributed by atoms with Crippen LogP contribution in [0.2, 0.25) is 0 Å². The molecule has 0 radical (unpaired) electrons. The Labute approximate surface area is 138 Å². The summed E-state index contributed by atoms with van der Waals surface area (Å²) in [4.78, 5) is 9.87. The molecule has 2 rings (SSSR count). The zero-order valence-electron chi connectivity index (χ0n) is 12.6. The third-order valence-corrected chi connectivity index (χ3v) is 3.18. The van der Waals surface area contributed by atoms with Crippen LogP contribution in [-0.4, -0.2) is 16.3 Å². The minimum Gasteiger partial charge on any atom is -0.400 e. The van der Waals surface area contributed by atoms with Gasteiger partial charge >= 0.3 is 5.88 Å². The van der Waals surface area contributed by atoms with Gasteiger partial charge in [-0.15, -0.1) is 0 Å². The summed E-state index contributed by atoms with van der Waals surface area (Å²) in [7, 11) is 0. The fourth-order valence-corrected chi connectivity index (χ4v) is 1.95. The molecule has 1 heterocycles. The van der Waals surface area contributed by atoms with Crippen molar-refractivity contribution >= 4 is 35.1 Å². The van der Waals surface area contributed by atoms with Crippen LogP contribution in [0.15, 0.2) is 45.9 Å². The fourth-order valence-electron chi connectivity index (χ4n) is 1.77. The lowest BCUT2D eigenvalue weighted by atomic mass is 10.0. The van der Waals surface area contributed by atoms with Gasteiger partial charge in [-0.2, -0.15) is 5.10 Å². The second kappa shape index (κ2) is 7.50. The predicted molar refractivity (Wildman–Crippen MR) is 92.8 cm³/mol. The van der Waals surface area contributed by atoms with E-state index in [1.807, 2.05) is 24.3 Å². The molecule has 2 aromatic rings. The highest BCUT2D eigenvalue weighted by molar-refractivity contribution is 7.80. The summed E-state index contributed by atoms with van der Waals surface area (Å²) >= 11 is 5.11. The molecular formula is C15H16N4O3S. The van der Waals surface area contributed by atoms with Crippen molar-refractivity contribution in [1.82, 2.24) is 5.43 Å². The number of hydrogen-bond acceptors (Lipinski definition) is 5. The first kappa shape index (κ1) is 16.6. The predicted octanol–water partition coefficient (Wildman–Crippen LogP) is 3.63. The normalized spacial score (nSPS) is 10.9. The quantitative estimate of drug-likeness (QED) is 0.376. The van der Waals surface area contributed by atoms with E-state index in [1.165, 1.54) is 23.9 Å². The maximum Gasteiger partial charge on any atom is 0.433 e. The Kier molecular flexibility index (Phi) is 5.42. The number of benzene rings is 1. The van der Waals surface area contributed by atoms with Gasteiger partial charge in [0, 0.05) is 5.69 Å². The molecule has 0 saturated heterocycles. The molecule has 7 nitrogen and oxygen atoms in total. The maximum absolute atomic E-state index is 10.5. The fraction of sp³-hybridized carbons (Fsp3) is 0.200. The molecule has 8 heteroatoms. The molecule has 1 aromatic carbocycles. The summed E-state index contributed by atoms with van der Waals surface area (Å²) in [5.74, 6) is 0.391. The number of rotatable bonds is 5. The molecule has 0 atom stereocenters. The van der Waals surface area contributed by atoms with Crippen LogP contribution in [0.1, 0.15) is 31.1 Å². The number of thiocarbonyl (C=S) groups is 1. The van der Waals surface area contributed by atoms with Gasteiger partial charge in [0.25, 0.3) is 0 Å². The van der Waals surface area contributed by atoms with Crippen molar-refractivity contribution in [3.05, 3.63) is 57.8 Å². The Bertz CT molecular complexity index is 723. The molecular weight excluding hydrogens is 316 g/mol. The van der Waals surface area contributed by atoms with Crippen molar-refractivity contribution in [3.63, 3.8) is 0 Å². The zero-order valence-corrected chi connectivity index (χ0v) is 13.5. The highest BCUT2D eigenvalue weighted by Gasteiger charge is 2.10. The molecule has 0 fully saturated rings. The molecule has 0 aliphatic carbocycles. The molecule has 1 aromatic heterocycles. The van der Waals surface area contributed by atoms with Crippen molar-refractivity contribution in [3.8, 4) is 0 Å². The van der Waals surface area contributed by atoms with E-state index in [0.29, 0.717) is 11.0 Å². The molecule has 0 bridgehead atoms. The topological polar surface area (TPSA) is 92.7 Å². The van der Waals surface area contributed by atoms with Gasteiger partial charge in [-0.3, -0.25) is 15.5 Å². The Morgan fingerprint density at radius 3 is 2.57 bits per heavy atom. The van der Waals surface area contributed by atoms with E-state index < -0.39 is 4.92 Å². The molecule has 0 spiro atoms. The number of hydrazone groups is 1. The second-order valence-electron chi connectivity index (χ2n) is 5.03. The van der Waals surface area contributed by atoms with Gasteiger partial charge in [0.2, 0.25) is 0 Å². The van der Waals surface area contributed by atoms with E-state index >= 15 is 0 Å². The van der Waals surface area contributed by atoms with E-state index in [9.17, 15) is 10.1 Å². The average molecular weight is 332 g/mol. The van der Waals surface area contributed by atoms with Crippen LogP contribution in [0.3, 0.4) is 0 Å². The first-order chi connectivity index (χ1) is 11.0. The van der Waals surface area contributed by atoms with Crippen molar-refractivity contribution in [1.29, 1.82) is 0 Å². The summed E-state index contributed by atoms with van der Waals surface area (Å²) in [6.45, 7) is 4.25. The molecule has 0 amide bonds. The van der Waals surface area contributed by atoms with E-state index in [-0.39, 0.29) is 11.6 Å². The molecule has 0 saturated carbocycles. The zero-order chi connectivity index (χ0) is 16.8. The molecule has 2 N–H and O–H groups in total. The number of nitro groups is 1. The highest BCUT2D eigenvalue weighted by atomic mass is 32.1. The third kappa shape index (κ3) is 4.89. The van der Waals surface area contributed by atoms with Gasteiger partial charge in [-0.05, 0) is 41.9 Å². The first-order valence-corrected chi connectivity index (χ1v) is 7.31. The number of anilines is 1. The highest BCUT2D eigenvalue weighted by Crippen LogP contribution is 2.17. The lowest BCUT2D eigenvalue weighted by Gasteiger charge is -2.09. The third-order valence-electron chi connectivity index (χ3n) is 2.99. The van der Waals surface area contributed by atoms with Crippen LogP contribution >= 0.6 is 12.2 Å². The van der Waals surface area contributed by atoms with Crippen molar-refractivity contribution in [2.75, 3.05) is 5.32 Å². The van der Waals surface area contributed by atoms with Gasteiger partial charge in [0.15, 0.2) is 10.9 Å². The van der Waals surface area contributed by atoms with Gasteiger partial charge in [-0.25, -0.2) is 0 Å². The number of nitrogens with zero attached hydrogens (tertiary/aromatic N) is 2. The summed E-state index contributed by atoms with van der Waals surface area (Å²) in [5.41, 5.74) is 4.70. The minimum atomic E-state index is -0.613. The van der Waals surface area contributed by atoms with E-state index in [1.54, 1.807) is 0 Å². The molecule has 120 valence electrons. The summed E-state index contributed by atoms with van der Waals surface area (Å²) in [6.07, 6.45) is 1.31. The van der Waals surface area contributed by atoms with E-state index in [0.717, 1.165) is 5.69 Å². The summed E-state index contributed by atoms with van der Waals surface area (Å²) in [6, 6.07) is 10.6. The molecule has 23 heavy (non-hydrogen) atoms. The van der Waals surface area contributed by atoms with E-state index in [2.05, 4.69) is 29.7 Å². The number of nitrogens with one attached hydrogen (secondary N) is 2. The van der Waals surface area contributed by atoms with Crippen LogP contribution in [0.5, 0.6) is 0 Å². The van der Waals surface area contributed by atoms with Gasteiger partial charge in [0.1, 0.15) is 4.92 Å². The average Bonchev–Trinajstić information content (AvgIpc) is 2.97. The van der Waals surface area contributed by atoms with Crippen LogP contribution < -0.4 is 10.7 Å².